The number of alkyl halides is 1. The average Bonchev–Trinajstić information content (AvgIpc) is 2.65. The summed E-state index contributed by atoms with van der Waals surface area (Å²) >= 11 is 4.77. The maximum Gasteiger partial charge on any atom is 0.250 e. The zero-order chi connectivity index (χ0) is 12.2. The van der Waals surface area contributed by atoms with Crippen LogP contribution in [0.1, 0.15) is 24.6 Å². The predicted octanol–water partition coefficient (Wildman–Crippen LogP) is 2.90. The lowest BCUT2D eigenvalue weighted by Gasteiger charge is -2.07. The number of thiophene rings is 1. The molecular formula is C10H16BrNO2S2. The van der Waals surface area contributed by atoms with Crippen LogP contribution in [0.3, 0.4) is 0 Å². The van der Waals surface area contributed by atoms with Gasteiger partial charge in [0.05, 0.1) is 0 Å². The summed E-state index contributed by atoms with van der Waals surface area (Å²) in [6.45, 7) is 4.44. The Morgan fingerprint density at radius 3 is 2.69 bits per heavy atom. The standard InChI is InChI=1S/C10H16BrNO2S2/c1-3-9(11)6-7-12-16(13,14)10-5-4-8(2)15-10/h4-5,9,12H,3,6-7H2,1-2H3. The number of hydrogen-bond acceptors (Lipinski definition) is 3. The van der Waals surface area contributed by atoms with Crippen molar-refractivity contribution in [3.8, 4) is 0 Å². The number of sulfonamides is 1. The third-order valence-electron chi connectivity index (χ3n) is 2.17. The Hall–Kier alpha value is 0.0900. The van der Waals surface area contributed by atoms with Crippen molar-refractivity contribution in [2.75, 3.05) is 6.54 Å². The lowest BCUT2D eigenvalue weighted by Crippen LogP contribution is -2.25. The van der Waals surface area contributed by atoms with Crippen LogP contribution >= 0.6 is 27.3 Å². The molecule has 0 aromatic carbocycles. The van der Waals surface area contributed by atoms with E-state index in [0.717, 1.165) is 17.7 Å². The summed E-state index contributed by atoms with van der Waals surface area (Å²) in [5, 5.41) is 0. The fourth-order valence-electron chi connectivity index (χ4n) is 1.18. The van der Waals surface area contributed by atoms with Crippen molar-refractivity contribution in [2.24, 2.45) is 0 Å². The number of halogens is 1. The van der Waals surface area contributed by atoms with E-state index in [0.29, 0.717) is 15.6 Å². The number of aryl methyl sites for hydroxylation is 1. The Morgan fingerprint density at radius 1 is 1.50 bits per heavy atom. The van der Waals surface area contributed by atoms with Crippen molar-refractivity contribution in [3.63, 3.8) is 0 Å². The molecule has 1 unspecified atom stereocenters. The number of rotatable bonds is 6. The van der Waals surface area contributed by atoms with E-state index in [2.05, 4.69) is 27.6 Å². The Kier molecular flexibility index (Phi) is 5.43. The third-order valence-corrected chi connectivity index (χ3v) is 6.23. The summed E-state index contributed by atoms with van der Waals surface area (Å²) in [7, 11) is -3.30. The van der Waals surface area contributed by atoms with Gasteiger partial charge in [0.2, 0.25) is 10.0 Å². The molecule has 6 heteroatoms. The molecule has 16 heavy (non-hydrogen) atoms. The van der Waals surface area contributed by atoms with Crippen LogP contribution in [0.4, 0.5) is 0 Å². The van der Waals surface area contributed by atoms with E-state index < -0.39 is 10.0 Å². The molecule has 0 aliphatic rings. The fraction of sp³-hybridized carbons (Fsp3) is 0.600. The molecule has 3 nitrogen and oxygen atoms in total. The molecule has 0 saturated carbocycles. The van der Waals surface area contributed by atoms with Crippen LogP contribution in [0.5, 0.6) is 0 Å². The highest BCUT2D eigenvalue weighted by Crippen LogP contribution is 2.20. The van der Waals surface area contributed by atoms with Crippen molar-refractivity contribution in [2.45, 2.75) is 35.7 Å². The van der Waals surface area contributed by atoms with Gasteiger partial charge in [-0.15, -0.1) is 11.3 Å². The van der Waals surface area contributed by atoms with Crippen LogP contribution in [0.25, 0.3) is 0 Å². The molecule has 1 heterocycles. The monoisotopic (exact) mass is 325 g/mol. The van der Waals surface area contributed by atoms with E-state index in [9.17, 15) is 8.42 Å². The normalized spacial score (nSPS) is 13.9. The van der Waals surface area contributed by atoms with Gasteiger partial charge in [0.15, 0.2) is 0 Å². The summed E-state index contributed by atoms with van der Waals surface area (Å²) in [6, 6.07) is 3.46. The zero-order valence-corrected chi connectivity index (χ0v) is 12.6. The first-order chi connectivity index (χ1) is 7.45. The Balaban J connectivity index is 2.53. The third kappa shape index (κ3) is 4.16. The lowest BCUT2D eigenvalue weighted by molar-refractivity contribution is 0.579. The molecule has 0 saturated heterocycles. The van der Waals surface area contributed by atoms with E-state index in [1.165, 1.54) is 11.3 Å². The van der Waals surface area contributed by atoms with Gasteiger partial charge >= 0.3 is 0 Å². The van der Waals surface area contributed by atoms with E-state index in [1.807, 2.05) is 13.0 Å². The fourth-order valence-corrected chi connectivity index (χ4v) is 3.79. The van der Waals surface area contributed by atoms with Gasteiger partial charge in [0.25, 0.3) is 0 Å². The first-order valence-electron chi connectivity index (χ1n) is 5.16. The highest BCUT2D eigenvalue weighted by Gasteiger charge is 2.15. The maximum absolute atomic E-state index is 11.8. The van der Waals surface area contributed by atoms with E-state index in [4.69, 9.17) is 0 Å². The number of hydrogen-bond donors (Lipinski definition) is 1. The molecule has 0 bridgehead atoms. The van der Waals surface area contributed by atoms with Gasteiger partial charge in [-0.05, 0) is 31.9 Å². The highest BCUT2D eigenvalue weighted by atomic mass is 79.9. The molecule has 0 spiro atoms. The summed E-state index contributed by atoms with van der Waals surface area (Å²) in [5.74, 6) is 0. The van der Waals surface area contributed by atoms with Gasteiger partial charge in [-0.2, -0.15) is 0 Å². The van der Waals surface area contributed by atoms with Crippen molar-refractivity contribution >= 4 is 37.3 Å². The Labute approximate surface area is 109 Å². The zero-order valence-electron chi connectivity index (χ0n) is 9.36. The maximum atomic E-state index is 11.8. The first kappa shape index (κ1) is 14.2. The highest BCUT2D eigenvalue weighted by molar-refractivity contribution is 9.09. The summed E-state index contributed by atoms with van der Waals surface area (Å²) in [6.07, 6.45) is 1.81. The van der Waals surface area contributed by atoms with Gasteiger partial charge in [0.1, 0.15) is 4.21 Å². The predicted molar refractivity (Wildman–Crippen MR) is 71.9 cm³/mol. The summed E-state index contributed by atoms with van der Waals surface area (Å²) in [5.41, 5.74) is 0. The van der Waals surface area contributed by atoms with Crippen molar-refractivity contribution in [1.82, 2.24) is 4.72 Å². The van der Waals surface area contributed by atoms with Gasteiger partial charge in [-0.3, -0.25) is 0 Å². The molecule has 0 amide bonds. The van der Waals surface area contributed by atoms with Crippen molar-refractivity contribution < 1.29 is 8.42 Å². The van der Waals surface area contributed by atoms with Crippen LogP contribution in [0.15, 0.2) is 16.3 Å². The second-order valence-electron chi connectivity index (χ2n) is 3.56. The smallest absolute Gasteiger partial charge is 0.210 e. The van der Waals surface area contributed by atoms with Crippen LogP contribution in [-0.4, -0.2) is 19.8 Å². The van der Waals surface area contributed by atoms with Gasteiger partial charge < -0.3 is 0 Å². The molecular weight excluding hydrogens is 310 g/mol. The summed E-state index contributed by atoms with van der Waals surface area (Å²) < 4.78 is 26.6. The van der Waals surface area contributed by atoms with E-state index in [1.54, 1.807) is 6.07 Å². The lowest BCUT2D eigenvalue weighted by atomic mass is 10.2. The molecule has 1 N–H and O–H groups in total. The molecule has 1 rings (SSSR count). The molecule has 1 atom stereocenters. The van der Waals surface area contributed by atoms with Crippen LogP contribution < -0.4 is 4.72 Å². The molecule has 1 aromatic heterocycles. The van der Waals surface area contributed by atoms with Crippen LogP contribution in [0, 0.1) is 6.92 Å². The minimum Gasteiger partial charge on any atom is -0.210 e. The Bertz CT molecular complexity index is 428. The molecule has 0 aliphatic carbocycles. The van der Waals surface area contributed by atoms with E-state index >= 15 is 0 Å². The molecule has 0 aliphatic heterocycles. The van der Waals surface area contributed by atoms with Gasteiger partial charge in [-0.25, -0.2) is 13.1 Å². The van der Waals surface area contributed by atoms with Crippen molar-refractivity contribution in [3.05, 3.63) is 17.0 Å². The van der Waals surface area contributed by atoms with Crippen LogP contribution in [-0.2, 0) is 10.0 Å². The topological polar surface area (TPSA) is 46.2 Å². The van der Waals surface area contributed by atoms with Crippen molar-refractivity contribution in [1.29, 1.82) is 0 Å². The minimum atomic E-state index is -3.30. The van der Waals surface area contributed by atoms with E-state index in [-0.39, 0.29) is 0 Å². The molecule has 1 aromatic rings. The molecule has 0 fully saturated rings. The first-order valence-corrected chi connectivity index (χ1v) is 8.37. The van der Waals surface area contributed by atoms with Gasteiger partial charge in [-0.1, -0.05) is 22.9 Å². The van der Waals surface area contributed by atoms with Gasteiger partial charge in [0, 0.05) is 16.2 Å². The summed E-state index contributed by atoms with van der Waals surface area (Å²) in [4.78, 5) is 1.38. The molecule has 92 valence electrons. The van der Waals surface area contributed by atoms with Crippen LogP contribution in [0.2, 0.25) is 0 Å². The second kappa shape index (κ2) is 6.14. The molecule has 0 radical (unpaired) electrons. The SMILES string of the molecule is CCC(Br)CCNS(=O)(=O)c1ccc(C)s1. The second-order valence-corrected chi connectivity index (χ2v) is 8.13. The Morgan fingerprint density at radius 2 is 2.19 bits per heavy atom. The number of nitrogens with one attached hydrogen (secondary N) is 1. The quantitative estimate of drug-likeness (QED) is 0.817. The average molecular weight is 326 g/mol. The minimum absolute atomic E-state index is 0.375. The largest absolute Gasteiger partial charge is 0.250 e.